The second-order valence-electron chi connectivity index (χ2n) is 3.85. The van der Waals surface area contributed by atoms with Crippen molar-refractivity contribution in [2.24, 2.45) is 5.73 Å². The van der Waals surface area contributed by atoms with Crippen LogP contribution in [-0.4, -0.2) is 4.98 Å². The lowest BCUT2D eigenvalue weighted by atomic mass is 10.2. The first-order chi connectivity index (χ1) is 8.60. The Morgan fingerprint density at radius 1 is 1.39 bits per heavy atom. The van der Waals surface area contributed by atoms with E-state index in [0.29, 0.717) is 12.4 Å². The Bertz CT molecular complexity index is 575. The minimum Gasteiger partial charge on any atom is -0.436 e. The first kappa shape index (κ1) is 13.0. The molecule has 0 aliphatic rings. The van der Waals surface area contributed by atoms with Gasteiger partial charge in [-0.2, -0.15) is 0 Å². The van der Waals surface area contributed by atoms with E-state index in [2.05, 4.69) is 20.9 Å². The van der Waals surface area contributed by atoms with Crippen LogP contribution in [0.2, 0.25) is 0 Å². The van der Waals surface area contributed by atoms with Crippen LogP contribution in [-0.2, 0) is 6.54 Å². The molecule has 1 heterocycles. The molecular formula is C13H12BrFN2O. The summed E-state index contributed by atoms with van der Waals surface area (Å²) in [5.74, 6) is 0.0898. The summed E-state index contributed by atoms with van der Waals surface area (Å²) >= 11 is 3.27. The minimum absolute atomic E-state index is 0.139. The molecule has 1 aromatic carbocycles. The van der Waals surface area contributed by atoms with Gasteiger partial charge in [-0.15, -0.1) is 0 Å². The van der Waals surface area contributed by atoms with Crippen LogP contribution in [0.5, 0.6) is 11.6 Å². The molecule has 18 heavy (non-hydrogen) atoms. The fourth-order valence-corrected chi connectivity index (χ4v) is 1.84. The maximum atomic E-state index is 13.5. The number of hydrogen-bond acceptors (Lipinski definition) is 3. The second kappa shape index (κ2) is 5.46. The van der Waals surface area contributed by atoms with Gasteiger partial charge in [0.2, 0.25) is 5.88 Å². The van der Waals surface area contributed by atoms with Crippen LogP contribution < -0.4 is 10.5 Å². The number of ether oxygens (including phenoxy) is 1. The fraction of sp³-hybridized carbons (Fsp3) is 0.154. The Hall–Kier alpha value is -1.46. The number of aromatic nitrogens is 1. The molecule has 2 rings (SSSR count). The molecule has 0 bridgehead atoms. The smallest absolute Gasteiger partial charge is 0.222 e. The van der Waals surface area contributed by atoms with Crippen LogP contribution in [0.1, 0.15) is 11.1 Å². The summed E-state index contributed by atoms with van der Waals surface area (Å²) in [5.41, 5.74) is 7.25. The van der Waals surface area contributed by atoms with Gasteiger partial charge in [0.1, 0.15) is 0 Å². The molecule has 0 amide bonds. The molecule has 2 aromatic rings. The number of benzene rings is 1. The first-order valence-electron chi connectivity index (χ1n) is 5.38. The highest BCUT2D eigenvalue weighted by molar-refractivity contribution is 9.10. The van der Waals surface area contributed by atoms with Crippen molar-refractivity contribution < 1.29 is 9.13 Å². The third-order valence-corrected chi connectivity index (χ3v) is 2.92. The van der Waals surface area contributed by atoms with Crippen LogP contribution in [0.25, 0.3) is 0 Å². The molecular weight excluding hydrogens is 299 g/mol. The quantitative estimate of drug-likeness (QED) is 0.943. The minimum atomic E-state index is -0.428. The lowest BCUT2D eigenvalue weighted by molar-refractivity contribution is 0.424. The van der Waals surface area contributed by atoms with E-state index in [-0.39, 0.29) is 5.75 Å². The van der Waals surface area contributed by atoms with E-state index >= 15 is 0 Å². The summed E-state index contributed by atoms with van der Waals surface area (Å²) in [6.45, 7) is 2.26. The molecule has 3 nitrogen and oxygen atoms in total. The molecule has 0 atom stereocenters. The van der Waals surface area contributed by atoms with Gasteiger partial charge in [0.05, 0.1) is 0 Å². The molecule has 1 aromatic heterocycles. The highest BCUT2D eigenvalue weighted by Crippen LogP contribution is 2.28. The van der Waals surface area contributed by atoms with Crippen molar-refractivity contribution in [1.82, 2.24) is 4.98 Å². The largest absolute Gasteiger partial charge is 0.436 e. The summed E-state index contributed by atoms with van der Waals surface area (Å²) < 4.78 is 19.7. The van der Waals surface area contributed by atoms with E-state index in [4.69, 9.17) is 10.5 Å². The highest BCUT2D eigenvalue weighted by Gasteiger charge is 2.09. The van der Waals surface area contributed by atoms with Crippen molar-refractivity contribution in [1.29, 1.82) is 0 Å². The van der Waals surface area contributed by atoms with E-state index < -0.39 is 5.82 Å². The molecule has 0 saturated heterocycles. The summed E-state index contributed by atoms with van der Waals surface area (Å²) in [7, 11) is 0. The monoisotopic (exact) mass is 310 g/mol. The third-order valence-electron chi connectivity index (χ3n) is 2.42. The van der Waals surface area contributed by atoms with Gasteiger partial charge in [0.25, 0.3) is 0 Å². The molecule has 0 aliphatic heterocycles. The topological polar surface area (TPSA) is 48.1 Å². The molecule has 0 spiro atoms. The second-order valence-corrected chi connectivity index (χ2v) is 4.76. The SMILES string of the molecule is Cc1cc(CN)cnc1Oc1cc(Br)ccc1F. The Labute approximate surface area is 113 Å². The standard InChI is InChI=1S/C13H12BrFN2O/c1-8-4-9(6-16)7-17-13(8)18-12-5-10(14)2-3-11(12)15/h2-5,7H,6,16H2,1H3. The van der Waals surface area contributed by atoms with Crippen molar-refractivity contribution >= 4 is 15.9 Å². The number of pyridine rings is 1. The van der Waals surface area contributed by atoms with Crippen molar-refractivity contribution in [2.45, 2.75) is 13.5 Å². The summed E-state index contributed by atoms with van der Waals surface area (Å²) in [4.78, 5) is 4.13. The van der Waals surface area contributed by atoms with Crippen LogP contribution >= 0.6 is 15.9 Å². The number of nitrogens with two attached hydrogens (primary N) is 1. The average Bonchev–Trinajstić information content (AvgIpc) is 2.36. The number of halogens is 2. The maximum Gasteiger partial charge on any atom is 0.222 e. The van der Waals surface area contributed by atoms with Gasteiger partial charge in [-0.3, -0.25) is 0 Å². The Kier molecular flexibility index (Phi) is 3.93. The van der Waals surface area contributed by atoms with Gasteiger partial charge < -0.3 is 10.5 Å². The van der Waals surface area contributed by atoms with Crippen LogP contribution in [0.15, 0.2) is 34.9 Å². The molecule has 5 heteroatoms. The highest BCUT2D eigenvalue weighted by atomic mass is 79.9. The van der Waals surface area contributed by atoms with E-state index in [0.717, 1.165) is 15.6 Å². The molecule has 0 saturated carbocycles. The molecule has 0 fully saturated rings. The predicted octanol–water partition coefficient (Wildman–Crippen LogP) is 3.54. The number of hydrogen-bond donors (Lipinski definition) is 1. The average molecular weight is 311 g/mol. The van der Waals surface area contributed by atoms with Crippen LogP contribution in [0, 0.1) is 12.7 Å². The number of aryl methyl sites for hydroxylation is 1. The summed E-state index contributed by atoms with van der Waals surface area (Å²) in [6, 6.07) is 6.38. The van der Waals surface area contributed by atoms with Gasteiger partial charge in [0, 0.05) is 22.8 Å². The number of nitrogens with zero attached hydrogens (tertiary/aromatic N) is 1. The van der Waals surface area contributed by atoms with Crippen molar-refractivity contribution in [3.8, 4) is 11.6 Å². The first-order valence-corrected chi connectivity index (χ1v) is 6.18. The van der Waals surface area contributed by atoms with Crippen LogP contribution in [0.4, 0.5) is 4.39 Å². The molecule has 0 radical (unpaired) electrons. The number of rotatable bonds is 3. The Morgan fingerprint density at radius 3 is 2.83 bits per heavy atom. The van der Waals surface area contributed by atoms with Gasteiger partial charge >= 0.3 is 0 Å². The summed E-state index contributed by atoms with van der Waals surface area (Å²) in [6.07, 6.45) is 1.62. The van der Waals surface area contributed by atoms with Gasteiger partial charge in [0.15, 0.2) is 11.6 Å². The maximum absolute atomic E-state index is 13.5. The van der Waals surface area contributed by atoms with E-state index in [1.54, 1.807) is 18.3 Å². The molecule has 2 N–H and O–H groups in total. The Morgan fingerprint density at radius 2 is 2.17 bits per heavy atom. The summed E-state index contributed by atoms with van der Waals surface area (Å²) in [5, 5.41) is 0. The predicted molar refractivity (Wildman–Crippen MR) is 71.0 cm³/mol. The van der Waals surface area contributed by atoms with Crippen molar-refractivity contribution in [3.05, 3.63) is 51.9 Å². The Balaban J connectivity index is 2.31. The lowest BCUT2D eigenvalue weighted by Crippen LogP contribution is -2.00. The van der Waals surface area contributed by atoms with E-state index in [1.165, 1.54) is 6.07 Å². The zero-order valence-electron chi connectivity index (χ0n) is 9.78. The van der Waals surface area contributed by atoms with Crippen molar-refractivity contribution in [2.75, 3.05) is 0 Å². The molecule has 0 unspecified atom stereocenters. The fourth-order valence-electron chi connectivity index (χ4n) is 1.50. The zero-order valence-corrected chi connectivity index (χ0v) is 11.4. The normalized spacial score (nSPS) is 10.4. The van der Waals surface area contributed by atoms with E-state index in [9.17, 15) is 4.39 Å². The van der Waals surface area contributed by atoms with Crippen LogP contribution in [0.3, 0.4) is 0 Å². The molecule has 94 valence electrons. The van der Waals surface area contributed by atoms with Crippen molar-refractivity contribution in [3.63, 3.8) is 0 Å². The van der Waals surface area contributed by atoms with Gasteiger partial charge in [-0.1, -0.05) is 15.9 Å². The van der Waals surface area contributed by atoms with E-state index in [1.807, 2.05) is 13.0 Å². The van der Waals surface area contributed by atoms with Gasteiger partial charge in [-0.25, -0.2) is 9.37 Å². The third kappa shape index (κ3) is 2.86. The molecule has 0 aliphatic carbocycles. The zero-order chi connectivity index (χ0) is 13.1. The van der Waals surface area contributed by atoms with Gasteiger partial charge in [-0.05, 0) is 36.8 Å². The lowest BCUT2D eigenvalue weighted by Gasteiger charge is -2.09.